The van der Waals surface area contributed by atoms with Gasteiger partial charge >= 0.3 is 0 Å². The molecule has 0 bridgehead atoms. The number of carbonyl (C=O) groups excluding carboxylic acids is 1. The van der Waals surface area contributed by atoms with E-state index < -0.39 is 0 Å². The molecule has 0 unspecified atom stereocenters. The van der Waals surface area contributed by atoms with Crippen LogP contribution in [-0.2, 0) is 17.8 Å². The molecule has 1 fully saturated rings. The van der Waals surface area contributed by atoms with E-state index in [0.29, 0.717) is 12.3 Å². The van der Waals surface area contributed by atoms with Gasteiger partial charge in [-0.3, -0.25) is 9.48 Å². The minimum absolute atomic E-state index is 0.228. The predicted molar refractivity (Wildman–Crippen MR) is 92.9 cm³/mol. The summed E-state index contributed by atoms with van der Waals surface area (Å²) in [6.07, 6.45) is 7.38. The summed E-state index contributed by atoms with van der Waals surface area (Å²) in [4.78, 5) is 14.4. The summed E-state index contributed by atoms with van der Waals surface area (Å²) in [7, 11) is 0. The number of phenolic OH excluding ortho intramolecular Hbond substituents is 1. The topological polar surface area (TPSA) is 58.4 Å². The highest BCUT2D eigenvalue weighted by atomic mass is 16.3. The molecule has 0 spiro atoms. The van der Waals surface area contributed by atoms with Gasteiger partial charge in [-0.05, 0) is 55.4 Å². The van der Waals surface area contributed by atoms with Crippen LogP contribution in [0.4, 0.5) is 0 Å². The zero-order valence-electron chi connectivity index (χ0n) is 14.2. The summed E-state index contributed by atoms with van der Waals surface area (Å²) in [5.41, 5.74) is 2.39. The normalized spacial score (nSPS) is 15.6. The van der Waals surface area contributed by atoms with Gasteiger partial charge in [-0.2, -0.15) is 5.10 Å². The van der Waals surface area contributed by atoms with Crippen molar-refractivity contribution in [3.05, 3.63) is 47.8 Å². The second-order valence-corrected chi connectivity index (χ2v) is 6.45. The minimum atomic E-state index is 0.228. The molecule has 1 amide bonds. The Hall–Kier alpha value is -2.30. The molecule has 1 aliphatic rings. The van der Waals surface area contributed by atoms with E-state index in [1.807, 2.05) is 27.9 Å². The fraction of sp³-hybridized carbons (Fsp3) is 0.474. The van der Waals surface area contributed by atoms with Crippen LogP contribution in [0.3, 0.4) is 0 Å². The number of rotatable bonds is 5. The van der Waals surface area contributed by atoms with Crippen LogP contribution in [0, 0.1) is 0 Å². The van der Waals surface area contributed by atoms with Crippen LogP contribution in [0.2, 0.25) is 0 Å². The average Bonchev–Trinajstić information content (AvgIpc) is 3.10. The van der Waals surface area contributed by atoms with Gasteiger partial charge < -0.3 is 10.0 Å². The molecular weight excluding hydrogens is 302 g/mol. The van der Waals surface area contributed by atoms with Crippen molar-refractivity contribution < 1.29 is 9.90 Å². The van der Waals surface area contributed by atoms with Crippen molar-refractivity contribution in [3.8, 4) is 5.75 Å². The van der Waals surface area contributed by atoms with E-state index in [1.165, 1.54) is 5.56 Å². The number of benzene rings is 1. The molecule has 0 aliphatic carbocycles. The molecule has 5 nitrogen and oxygen atoms in total. The van der Waals surface area contributed by atoms with E-state index in [2.05, 4.69) is 18.2 Å². The lowest BCUT2D eigenvalue weighted by molar-refractivity contribution is -0.132. The minimum Gasteiger partial charge on any atom is -0.508 e. The van der Waals surface area contributed by atoms with Crippen molar-refractivity contribution >= 4 is 5.91 Å². The number of piperidine rings is 1. The molecule has 2 heterocycles. The summed E-state index contributed by atoms with van der Waals surface area (Å²) in [6.45, 7) is 4.65. The molecule has 0 atom stereocenters. The van der Waals surface area contributed by atoms with Crippen LogP contribution in [0.1, 0.15) is 43.2 Å². The van der Waals surface area contributed by atoms with Gasteiger partial charge in [-0.15, -0.1) is 0 Å². The Bertz CT molecular complexity index is 670. The fourth-order valence-corrected chi connectivity index (χ4v) is 3.30. The molecule has 0 radical (unpaired) electrons. The number of aromatic nitrogens is 2. The first-order chi connectivity index (χ1) is 11.7. The molecule has 3 rings (SSSR count). The second-order valence-electron chi connectivity index (χ2n) is 6.45. The zero-order valence-corrected chi connectivity index (χ0v) is 14.2. The van der Waals surface area contributed by atoms with E-state index in [1.54, 1.807) is 12.1 Å². The molecule has 1 aromatic heterocycles. The molecule has 2 aromatic rings. The van der Waals surface area contributed by atoms with Gasteiger partial charge in [-0.1, -0.05) is 12.1 Å². The van der Waals surface area contributed by atoms with Gasteiger partial charge in [0.25, 0.3) is 0 Å². The van der Waals surface area contributed by atoms with Crippen molar-refractivity contribution in [3.63, 3.8) is 0 Å². The Morgan fingerprint density at radius 2 is 1.96 bits per heavy atom. The van der Waals surface area contributed by atoms with Crippen LogP contribution in [0.15, 0.2) is 36.7 Å². The maximum Gasteiger partial charge on any atom is 0.222 e. The second kappa shape index (κ2) is 7.51. The largest absolute Gasteiger partial charge is 0.508 e. The third-order valence-corrected chi connectivity index (χ3v) is 4.86. The lowest BCUT2D eigenvalue weighted by Crippen LogP contribution is -2.38. The van der Waals surface area contributed by atoms with Gasteiger partial charge in [0.15, 0.2) is 0 Å². The molecule has 24 heavy (non-hydrogen) atoms. The van der Waals surface area contributed by atoms with Crippen LogP contribution in [0.5, 0.6) is 5.75 Å². The highest BCUT2D eigenvalue weighted by Gasteiger charge is 2.24. The molecule has 5 heteroatoms. The van der Waals surface area contributed by atoms with Crippen LogP contribution >= 0.6 is 0 Å². The number of aryl methyl sites for hydroxylation is 2. The summed E-state index contributed by atoms with van der Waals surface area (Å²) >= 11 is 0. The van der Waals surface area contributed by atoms with Crippen molar-refractivity contribution in [1.29, 1.82) is 0 Å². The monoisotopic (exact) mass is 327 g/mol. The Morgan fingerprint density at radius 1 is 1.25 bits per heavy atom. The zero-order chi connectivity index (χ0) is 16.9. The maximum absolute atomic E-state index is 12.4. The Balaban J connectivity index is 1.47. The number of nitrogens with zero attached hydrogens (tertiary/aromatic N) is 3. The average molecular weight is 327 g/mol. The molecular formula is C19H25N3O2. The third kappa shape index (κ3) is 3.96. The summed E-state index contributed by atoms with van der Waals surface area (Å²) in [5, 5.41) is 13.6. The Labute approximate surface area is 142 Å². The fourth-order valence-electron chi connectivity index (χ4n) is 3.30. The van der Waals surface area contributed by atoms with Crippen molar-refractivity contribution in [2.24, 2.45) is 0 Å². The molecule has 0 saturated carbocycles. The van der Waals surface area contributed by atoms with E-state index in [9.17, 15) is 9.90 Å². The number of likely N-dealkylation sites (tertiary alicyclic amines) is 1. The number of amides is 1. The van der Waals surface area contributed by atoms with Gasteiger partial charge in [0, 0.05) is 32.3 Å². The van der Waals surface area contributed by atoms with E-state index in [4.69, 9.17) is 0 Å². The van der Waals surface area contributed by atoms with Crippen LogP contribution in [-0.4, -0.2) is 38.8 Å². The van der Waals surface area contributed by atoms with E-state index >= 15 is 0 Å². The summed E-state index contributed by atoms with van der Waals surface area (Å²) in [6, 6.07) is 7.09. The number of hydrogen-bond acceptors (Lipinski definition) is 3. The summed E-state index contributed by atoms with van der Waals surface area (Å²) in [5.74, 6) is 1.01. The number of phenols is 1. The van der Waals surface area contributed by atoms with Crippen molar-refractivity contribution in [1.82, 2.24) is 14.7 Å². The van der Waals surface area contributed by atoms with Crippen LogP contribution in [0.25, 0.3) is 0 Å². The van der Waals surface area contributed by atoms with Gasteiger partial charge in [0.1, 0.15) is 5.75 Å². The quantitative estimate of drug-likeness (QED) is 0.918. The van der Waals surface area contributed by atoms with Crippen LogP contribution < -0.4 is 0 Å². The lowest BCUT2D eigenvalue weighted by Gasteiger charge is -2.31. The van der Waals surface area contributed by atoms with Crippen molar-refractivity contribution in [2.45, 2.75) is 45.1 Å². The molecule has 128 valence electrons. The number of carbonyl (C=O) groups is 1. The third-order valence-electron chi connectivity index (χ3n) is 4.86. The lowest BCUT2D eigenvalue weighted by atomic mass is 9.91. The van der Waals surface area contributed by atoms with E-state index in [0.717, 1.165) is 44.5 Å². The molecule has 1 N–H and O–H groups in total. The van der Waals surface area contributed by atoms with E-state index in [-0.39, 0.29) is 11.7 Å². The maximum atomic E-state index is 12.4. The summed E-state index contributed by atoms with van der Waals surface area (Å²) < 4.78 is 1.96. The molecule has 1 saturated heterocycles. The first-order valence-corrected chi connectivity index (χ1v) is 8.73. The SMILES string of the molecule is CCn1cc(C2CCN(C(=O)CCc3ccc(O)cc3)CC2)cn1. The standard InChI is InChI=1S/C19H25N3O2/c1-2-22-14-17(13-20-22)16-9-11-21(12-10-16)19(24)8-5-15-3-6-18(23)7-4-15/h3-4,6-7,13-14,16,23H,2,5,8-12H2,1H3. The Kier molecular flexibility index (Phi) is 5.18. The molecule has 1 aromatic carbocycles. The first kappa shape index (κ1) is 16.6. The molecule has 1 aliphatic heterocycles. The van der Waals surface area contributed by atoms with Crippen molar-refractivity contribution in [2.75, 3.05) is 13.1 Å². The smallest absolute Gasteiger partial charge is 0.222 e. The first-order valence-electron chi connectivity index (χ1n) is 8.73. The Morgan fingerprint density at radius 3 is 2.58 bits per heavy atom. The van der Waals surface area contributed by atoms with Gasteiger partial charge in [-0.25, -0.2) is 0 Å². The number of aromatic hydroxyl groups is 1. The van der Waals surface area contributed by atoms with Gasteiger partial charge in [0.2, 0.25) is 5.91 Å². The highest BCUT2D eigenvalue weighted by molar-refractivity contribution is 5.76. The number of hydrogen-bond donors (Lipinski definition) is 1. The predicted octanol–water partition coefficient (Wildman–Crippen LogP) is 2.95. The highest BCUT2D eigenvalue weighted by Crippen LogP contribution is 2.28. The van der Waals surface area contributed by atoms with Gasteiger partial charge in [0.05, 0.1) is 6.20 Å².